The van der Waals surface area contributed by atoms with Gasteiger partial charge in [0.05, 0.1) is 12.2 Å². The van der Waals surface area contributed by atoms with Crippen LogP contribution in [0.1, 0.15) is 25.7 Å². The zero-order valence-electron chi connectivity index (χ0n) is 6.70. The summed E-state index contributed by atoms with van der Waals surface area (Å²) in [5.74, 6) is 0. The highest BCUT2D eigenvalue weighted by molar-refractivity contribution is 4.83. The number of epoxide rings is 1. The van der Waals surface area contributed by atoms with Gasteiger partial charge in [0, 0.05) is 13.2 Å². The number of aliphatic hydroxyl groups is 2. The molecule has 0 aromatic carbocycles. The second-order valence-corrected chi connectivity index (χ2v) is 2.94. The Labute approximate surface area is 67.0 Å². The third-order valence-corrected chi connectivity index (χ3v) is 1.98. The molecule has 0 radical (unpaired) electrons. The molecule has 1 aliphatic rings. The van der Waals surface area contributed by atoms with Crippen LogP contribution >= 0.6 is 0 Å². The highest BCUT2D eigenvalue weighted by Gasteiger charge is 2.36. The number of aliphatic hydroxyl groups excluding tert-OH is 2. The maximum absolute atomic E-state index is 8.51. The van der Waals surface area contributed by atoms with Gasteiger partial charge in [0.1, 0.15) is 0 Å². The molecule has 1 aliphatic heterocycles. The number of rotatable bonds is 6. The van der Waals surface area contributed by atoms with Crippen molar-refractivity contribution in [2.75, 3.05) is 13.2 Å². The topological polar surface area (TPSA) is 53.0 Å². The van der Waals surface area contributed by atoms with Gasteiger partial charge in [-0.3, -0.25) is 0 Å². The first-order valence-corrected chi connectivity index (χ1v) is 4.25. The molecule has 0 spiro atoms. The molecule has 0 saturated carbocycles. The van der Waals surface area contributed by atoms with Gasteiger partial charge in [-0.25, -0.2) is 0 Å². The minimum atomic E-state index is 0.257. The molecule has 1 fully saturated rings. The van der Waals surface area contributed by atoms with Crippen LogP contribution in [-0.2, 0) is 4.74 Å². The molecule has 1 saturated heterocycles. The second-order valence-electron chi connectivity index (χ2n) is 2.94. The number of ether oxygens (including phenoxy) is 1. The molecule has 0 aromatic rings. The first kappa shape index (κ1) is 8.97. The van der Waals surface area contributed by atoms with E-state index in [-0.39, 0.29) is 13.2 Å². The van der Waals surface area contributed by atoms with Gasteiger partial charge >= 0.3 is 0 Å². The van der Waals surface area contributed by atoms with Crippen molar-refractivity contribution in [3.63, 3.8) is 0 Å². The van der Waals surface area contributed by atoms with Crippen LogP contribution in [0.2, 0.25) is 0 Å². The smallest absolute Gasteiger partial charge is 0.0842 e. The van der Waals surface area contributed by atoms with E-state index in [0.29, 0.717) is 12.2 Å². The van der Waals surface area contributed by atoms with Crippen molar-refractivity contribution in [2.45, 2.75) is 37.9 Å². The van der Waals surface area contributed by atoms with Crippen molar-refractivity contribution in [2.24, 2.45) is 0 Å². The molecule has 0 aliphatic carbocycles. The van der Waals surface area contributed by atoms with Crippen LogP contribution in [0.3, 0.4) is 0 Å². The highest BCUT2D eigenvalue weighted by Crippen LogP contribution is 2.29. The van der Waals surface area contributed by atoms with E-state index in [0.717, 1.165) is 25.7 Å². The van der Waals surface area contributed by atoms with Crippen molar-refractivity contribution in [3.05, 3.63) is 0 Å². The molecule has 11 heavy (non-hydrogen) atoms. The van der Waals surface area contributed by atoms with Gasteiger partial charge in [-0.2, -0.15) is 0 Å². The van der Waals surface area contributed by atoms with E-state index in [1.807, 2.05) is 0 Å². The quantitative estimate of drug-likeness (QED) is 0.549. The van der Waals surface area contributed by atoms with Crippen LogP contribution < -0.4 is 0 Å². The molecule has 0 bridgehead atoms. The molecule has 2 N–H and O–H groups in total. The minimum absolute atomic E-state index is 0.257. The number of hydrogen-bond acceptors (Lipinski definition) is 3. The Hall–Kier alpha value is -0.120. The summed E-state index contributed by atoms with van der Waals surface area (Å²) in [4.78, 5) is 0. The van der Waals surface area contributed by atoms with E-state index in [9.17, 15) is 0 Å². The SMILES string of the molecule is OCCCC1OC1CCCO. The maximum atomic E-state index is 8.51. The van der Waals surface area contributed by atoms with E-state index in [1.165, 1.54) is 0 Å². The van der Waals surface area contributed by atoms with Gasteiger partial charge in [-0.05, 0) is 25.7 Å². The average molecular weight is 160 g/mol. The van der Waals surface area contributed by atoms with Crippen LogP contribution in [0.5, 0.6) is 0 Å². The Bertz CT molecular complexity index is 93.5. The maximum Gasteiger partial charge on any atom is 0.0842 e. The normalized spacial score (nSPS) is 28.9. The van der Waals surface area contributed by atoms with Gasteiger partial charge in [-0.15, -0.1) is 0 Å². The van der Waals surface area contributed by atoms with Crippen molar-refractivity contribution >= 4 is 0 Å². The Balaban J connectivity index is 1.89. The predicted molar refractivity (Wildman–Crippen MR) is 41.3 cm³/mol. The van der Waals surface area contributed by atoms with Gasteiger partial charge in [0.25, 0.3) is 0 Å². The summed E-state index contributed by atoms with van der Waals surface area (Å²) < 4.78 is 5.30. The van der Waals surface area contributed by atoms with Gasteiger partial charge in [0.15, 0.2) is 0 Å². The molecule has 3 nitrogen and oxygen atoms in total. The van der Waals surface area contributed by atoms with E-state index >= 15 is 0 Å². The first-order valence-electron chi connectivity index (χ1n) is 4.25. The molecule has 3 heteroatoms. The van der Waals surface area contributed by atoms with Gasteiger partial charge in [0.2, 0.25) is 0 Å². The van der Waals surface area contributed by atoms with E-state index in [1.54, 1.807) is 0 Å². The van der Waals surface area contributed by atoms with Crippen LogP contribution in [0.25, 0.3) is 0 Å². The Morgan fingerprint density at radius 3 is 1.73 bits per heavy atom. The molecule has 1 rings (SSSR count). The summed E-state index contributed by atoms with van der Waals surface area (Å²) in [5, 5.41) is 17.0. The largest absolute Gasteiger partial charge is 0.396 e. The van der Waals surface area contributed by atoms with E-state index in [4.69, 9.17) is 14.9 Å². The Kier molecular flexibility index (Phi) is 3.83. The molecular weight excluding hydrogens is 144 g/mol. The molecule has 2 unspecified atom stereocenters. The average Bonchev–Trinajstić information content (AvgIpc) is 2.76. The molecular formula is C8H16O3. The van der Waals surface area contributed by atoms with Crippen LogP contribution in [0.15, 0.2) is 0 Å². The lowest BCUT2D eigenvalue weighted by atomic mass is 10.1. The van der Waals surface area contributed by atoms with Gasteiger partial charge in [-0.1, -0.05) is 0 Å². The van der Waals surface area contributed by atoms with E-state index < -0.39 is 0 Å². The van der Waals surface area contributed by atoms with Crippen LogP contribution in [0.4, 0.5) is 0 Å². The summed E-state index contributed by atoms with van der Waals surface area (Å²) in [5.41, 5.74) is 0. The Morgan fingerprint density at radius 2 is 1.36 bits per heavy atom. The fourth-order valence-corrected chi connectivity index (χ4v) is 1.27. The standard InChI is InChI=1S/C8H16O3/c9-5-1-3-7-8(11-7)4-2-6-10/h7-10H,1-6H2. The fourth-order valence-electron chi connectivity index (χ4n) is 1.27. The predicted octanol–water partition coefficient (Wildman–Crippen LogP) is 0.299. The zero-order valence-corrected chi connectivity index (χ0v) is 6.70. The summed E-state index contributed by atoms with van der Waals surface area (Å²) >= 11 is 0. The minimum Gasteiger partial charge on any atom is -0.396 e. The van der Waals surface area contributed by atoms with Crippen molar-refractivity contribution in [1.29, 1.82) is 0 Å². The summed E-state index contributed by atoms with van der Waals surface area (Å²) in [6.45, 7) is 0.513. The number of hydrogen-bond donors (Lipinski definition) is 2. The first-order chi connectivity index (χ1) is 5.38. The molecule has 2 atom stereocenters. The monoisotopic (exact) mass is 160 g/mol. The van der Waals surface area contributed by atoms with Crippen LogP contribution in [0, 0.1) is 0 Å². The van der Waals surface area contributed by atoms with E-state index in [2.05, 4.69) is 0 Å². The molecule has 0 aromatic heterocycles. The fraction of sp³-hybridized carbons (Fsp3) is 1.00. The third-order valence-electron chi connectivity index (χ3n) is 1.98. The lowest BCUT2D eigenvalue weighted by Crippen LogP contribution is -1.97. The zero-order chi connectivity index (χ0) is 8.10. The summed E-state index contributed by atoms with van der Waals surface area (Å²) in [6.07, 6.45) is 4.34. The second kappa shape index (κ2) is 4.70. The molecule has 0 amide bonds. The lowest BCUT2D eigenvalue weighted by molar-refractivity contribution is 0.267. The van der Waals surface area contributed by atoms with Gasteiger partial charge < -0.3 is 14.9 Å². The third kappa shape index (κ3) is 3.18. The lowest BCUT2D eigenvalue weighted by Gasteiger charge is -1.91. The van der Waals surface area contributed by atoms with Crippen molar-refractivity contribution < 1.29 is 14.9 Å². The highest BCUT2D eigenvalue weighted by atomic mass is 16.6. The van der Waals surface area contributed by atoms with Crippen molar-refractivity contribution in [3.8, 4) is 0 Å². The van der Waals surface area contributed by atoms with Crippen molar-refractivity contribution in [1.82, 2.24) is 0 Å². The van der Waals surface area contributed by atoms with Crippen LogP contribution in [-0.4, -0.2) is 35.6 Å². The summed E-state index contributed by atoms with van der Waals surface area (Å²) in [7, 11) is 0. The molecule has 66 valence electrons. The molecule has 1 heterocycles. The Morgan fingerprint density at radius 1 is 0.909 bits per heavy atom. The summed E-state index contributed by atoms with van der Waals surface area (Å²) in [6, 6.07) is 0.